The normalized spacial score (nSPS) is 22.9. The van der Waals surface area contributed by atoms with Crippen LogP contribution >= 0.6 is 11.8 Å². The van der Waals surface area contributed by atoms with Gasteiger partial charge >= 0.3 is 0 Å². The summed E-state index contributed by atoms with van der Waals surface area (Å²) >= 11 is 2.08. The third-order valence-electron chi connectivity index (χ3n) is 2.45. The second-order valence-electron chi connectivity index (χ2n) is 3.32. The molecular formula is C11H14S. The number of rotatable bonds is 0. The van der Waals surface area contributed by atoms with Crippen molar-refractivity contribution in [3.63, 3.8) is 0 Å². The smallest absolute Gasteiger partial charge is 0.0271 e. The lowest BCUT2D eigenvalue weighted by molar-refractivity contribution is 0.929. The predicted molar refractivity (Wildman–Crippen MR) is 55.6 cm³/mol. The van der Waals surface area contributed by atoms with E-state index in [1.807, 2.05) is 0 Å². The van der Waals surface area contributed by atoms with E-state index in [2.05, 4.69) is 43.0 Å². The van der Waals surface area contributed by atoms with Crippen LogP contribution in [0.3, 0.4) is 0 Å². The van der Waals surface area contributed by atoms with Gasteiger partial charge < -0.3 is 0 Å². The second-order valence-corrected chi connectivity index (χ2v) is 4.76. The number of thioether (sulfide) groups is 1. The van der Waals surface area contributed by atoms with Gasteiger partial charge in [-0.1, -0.05) is 24.3 Å². The summed E-state index contributed by atoms with van der Waals surface area (Å²) in [7, 11) is 0. The Balaban J connectivity index is 2.39. The first-order valence-corrected chi connectivity index (χ1v) is 5.62. The van der Waals surface area contributed by atoms with Gasteiger partial charge in [-0.15, -0.1) is 0 Å². The van der Waals surface area contributed by atoms with Gasteiger partial charge in [0.2, 0.25) is 0 Å². The predicted octanol–water partition coefficient (Wildman–Crippen LogP) is 3.43. The van der Waals surface area contributed by atoms with E-state index in [-0.39, 0.29) is 0 Å². The van der Waals surface area contributed by atoms with Gasteiger partial charge in [0.1, 0.15) is 0 Å². The average molecular weight is 178 g/mol. The molecule has 1 aromatic carbocycles. The molecule has 0 amide bonds. The van der Waals surface area contributed by atoms with E-state index in [4.69, 9.17) is 0 Å². The third-order valence-corrected chi connectivity index (χ3v) is 3.73. The van der Waals surface area contributed by atoms with Crippen LogP contribution in [0, 0.1) is 0 Å². The molecule has 0 N–H and O–H groups in total. The van der Waals surface area contributed by atoms with Gasteiger partial charge in [-0.25, -0.2) is 0 Å². The molecular weight excluding hydrogens is 164 g/mol. The molecule has 1 unspecified atom stereocenters. The molecule has 12 heavy (non-hydrogen) atoms. The maximum absolute atomic E-state index is 2.31. The van der Waals surface area contributed by atoms with Gasteiger partial charge in [0.25, 0.3) is 0 Å². The van der Waals surface area contributed by atoms with Gasteiger partial charge in [0, 0.05) is 5.25 Å². The van der Waals surface area contributed by atoms with E-state index in [9.17, 15) is 0 Å². The molecule has 1 heterocycles. The largest absolute Gasteiger partial charge is 0.154 e. The molecule has 0 saturated heterocycles. The summed E-state index contributed by atoms with van der Waals surface area (Å²) < 4.78 is 0. The van der Waals surface area contributed by atoms with Crippen molar-refractivity contribution >= 4 is 11.8 Å². The van der Waals surface area contributed by atoms with Crippen LogP contribution in [-0.4, -0.2) is 5.75 Å². The van der Waals surface area contributed by atoms with E-state index < -0.39 is 0 Å². The van der Waals surface area contributed by atoms with Crippen LogP contribution in [0.5, 0.6) is 0 Å². The van der Waals surface area contributed by atoms with E-state index in [1.54, 1.807) is 11.1 Å². The van der Waals surface area contributed by atoms with Crippen LogP contribution in [0.1, 0.15) is 29.7 Å². The van der Waals surface area contributed by atoms with Crippen LogP contribution in [0.25, 0.3) is 0 Å². The Kier molecular flexibility index (Phi) is 2.40. The maximum atomic E-state index is 2.31. The molecule has 1 aliphatic heterocycles. The Labute approximate surface area is 78.4 Å². The summed E-state index contributed by atoms with van der Waals surface area (Å²) in [6.07, 6.45) is 2.61. The van der Waals surface area contributed by atoms with Crippen LogP contribution < -0.4 is 0 Å². The minimum atomic E-state index is 0.698. The zero-order valence-corrected chi connectivity index (χ0v) is 8.23. The molecule has 64 valence electrons. The molecule has 1 heteroatoms. The Morgan fingerprint density at radius 3 is 3.08 bits per heavy atom. The number of hydrogen-bond acceptors (Lipinski definition) is 1. The zero-order chi connectivity index (χ0) is 8.39. The molecule has 0 nitrogen and oxygen atoms in total. The molecule has 0 bridgehead atoms. The number of benzene rings is 1. The van der Waals surface area contributed by atoms with E-state index in [0.29, 0.717) is 5.25 Å². The van der Waals surface area contributed by atoms with Crippen LogP contribution in [0.15, 0.2) is 24.3 Å². The second kappa shape index (κ2) is 3.53. The summed E-state index contributed by atoms with van der Waals surface area (Å²) in [5.41, 5.74) is 3.12. The van der Waals surface area contributed by atoms with Gasteiger partial charge in [-0.3, -0.25) is 0 Å². The molecule has 0 spiro atoms. The highest BCUT2D eigenvalue weighted by Crippen LogP contribution is 2.34. The van der Waals surface area contributed by atoms with Crippen LogP contribution in [0.2, 0.25) is 0 Å². The third kappa shape index (κ3) is 1.51. The monoisotopic (exact) mass is 178 g/mol. The topological polar surface area (TPSA) is 0 Å². The first-order valence-electron chi connectivity index (χ1n) is 4.57. The molecule has 0 saturated carbocycles. The molecule has 2 rings (SSSR count). The lowest BCUT2D eigenvalue weighted by Gasteiger charge is -2.10. The SMILES string of the molecule is CC1SCCCc2ccccc21. The summed E-state index contributed by atoms with van der Waals surface area (Å²) in [5.74, 6) is 1.32. The Morgan fingerprint density at radius 1 is 1.33 bits per heavy atom. The highest BCUT2D eigenvalue weighted by atomic mass is 32.2. The number of aryl methyl sites for hydroxylation is 1. The number of fused-ring (bicyclic) bond motifs is 1. The van der Waals surface area contributed by atoms with Crippen molar-refractivity contribution in [2.75, 3.05) is 5.75 Å². The van der Waals surface area contributed by atoms with Crippen molar-refractivity contribution in [3.05, 3.63) is 35.4 Å². The molecule has 0 aliphatic carbocycles. The average Bonchev–Trinajstić information content (AvgIpc) is 2.29. The van der Waals surface area contributed by atoms with E-state index in [0.717, 1.165) is 0 Å². The van der Waals surface area contributed by atoms with Gasteiger partial charge in [0.15, 0.2) is 0 Å². The first-order chi connectivity index (χ1) is 5.88. The van der Waals surface area contributed by atoms with Crippen molar-refractivity contribution in [3.8, 4) is 0 Å². The maximum Gasteiger partial charge on any atom is 0.0271 e. The van der Waals surface area contributed by atoms with Crippen molar-refractivity contribution in [2.24, 2.45) is 0 Å². The lowest BCUT2D eigenvalue weighted by Crippen LogP contribution is -1.91. The van der Waals surface area contributed by atoms with Crippen molar-refractivity contribution < 1.29 is 0 Å². The standard InChI is InChI=1S/C11H14S/c1-9-11-7-3-2-5-10(11)6-4-8-12-9/h2-3,5,7,9H,4,6,8H2,1H3. The Morgan fingerprint density at radius 2 is 2.17 bits per heavy atom. The number of hydrogen-bond donors (Lipinski definition) is 0. The Hall–Kier alpha value is -0.430. The van der Waals surface area contributed by atoms with Crippen LogP contribution in [0.4, 0.5) is 0 Å². The Bertz CT molecular complexity index is 267. The summed E-state index contributed by atoms with van der Waals surface area (Å²) in [5, 5.41) is 0.698. The lowest BCUT2D eigenvalue weighted by atomic mass is 10.0. The fourth-order valence-corrected chi connectivity index (χ4v) is 2.85. The summed E-state index contributed by atoms with van der Waals surface area (Å²) in [4.78, 5) is 0. The molecule has 0 aromatic heterocycles. The molecule has 0 radical (unpaired) electrons. The highest BCUT2D eigenvalue weighted by molar-refractivity contribution is 7.99. The van der Waals surface area contributed by atoms with Crippen molar-refractivity contribution in [1.82, 2.24) is 0 Å². The van der Waals surface area contributed by atoms with E-state index >= 15 is 0 Å². The zero-order valence-electron chi connectivity index (χ0n) is 7.42. The quantitative estimate of drug-likeness (QED) is 0.586. The summed E-state index contributed by atoms with van der Waals surface area (Å²) in [6.45, 7) is 2.31. The van der Waals surface area contributed by atoms with Gasteiger partial charge in [-0.05, 0) is 36.6 Å². The first kappa shape index (κ1) is 8.18. The van der Waals surface area contributed by atoms with Gasteiger partial charge in [-0.2, -0.15) is 11.8 Å². The van der Waals surface area contributed by atoms with Crippen molar-refractivity contribution in [1.29, 1.82) is 0 Å². The molecule has 1 aromatic rings. The minimum Gasteiger partial charge on any atom is -0.154 e. The fourth-order valence-electron chi connectivity index (χ4n) is 1.77. The van der Waals surface area contributed by atoms with Crippen LogP contribution in [-0.2, 0) is 6.42 Å². The highest BCUT2D eigenvalue weighted by Gasteiger charge is 2.13. The fraction of sp³-hybridized carbons (Fsp3) is 0.455. The van der Waals surface area contributed by atoms with Crippen molar-refractivity contribution in [2.45, 2.75) is 25.0 Å². The molecule has 1 atom stereocenters. The molecule has 0 fully saturated rings. The molecule has 1 aliphatic rings. The summed E-state index contributed by atoms with van der Waals surface area (Å²) in [6, 6.07) is 8.86. The minimum absolute atomic E-state index is 0.698. The van der Waals surface area contributed by atoms with Gasteiger partial charge in [0.05, 0.1) is 0 Å². The van der Waals surface area contributed by atoms with E-state index in [1.165, 1.54) is 18.6 Å².